The quantitative estimate of drug-likeness (QED) is 0.522. The molecule has 0 rings (SSSR count). The molecule has 0 amide bonds. The van der Waals surface area contributed by atoms with Crippen molar-refractivity contribution in [1.82, 2.24) is 0 Å². The van der Waals surface area contributed by atoms with E-state index in [0.29, 0.717) is 6.42 Å². The van der Waals surface area contributed by atoms with Gasteiger partial charge in [0.05, 0.1) is 13.5 Å². The van der Waals surface area contributed by atoms with Crippen LogP contribution in [0.4, 0.5) is 0 Å². The van der Waals surface area contributed by atoms with Crippen LogP contribution in [0.2, 0.25) is 0 Å². The van der Waals surface area contributed by atoms with E-state index in [2.05, 4.69) is 4.74 Å². The number of esters is 1. The number of unbranched alkanes of at least 4 members (excludes halogenated alkanes) is 1. The summed E-state index contributed by atoms with van der Waals surface area (Å²) in [4.78, 5) is 22.1. The van der Waals surface area contributed by atoms with Gasteiger partial charge in [-0.15, -0.1) is 0 Å². The monoisotopic (exact) mass is 250 g/mol. The van der Waals surface area contributed by atoms with Crippen LogP contribution < -0.4 is 0 Å². The zero-order valence-corrected chi connectivity index (χ0v) is 10.7. The first-order valence-corrected chi connectivity index (χ1v) is 6.83. The number of carbonyl (C=O) groups excluding carboxylic acids is 2. The number of aliphatic hydroxyl groups excluding tert-OH is 1. The van der Waals surface area contributed by atoms with Crippen LogP contribution in [0.3, 0.4) is 0 Å². The molecule has 0 heterocycles. The van der Waals surface area contributed by atoms with Gasteiger partial charge in [0.1, 0.15) is 5.85 Å². The highest BCUT2D eigenvalue weighted by molar-refractivity contribution is 7.64. The number of methoxy groups -OCH3 is 1. The van der Waals surface area contributed by atoms with Crippen LogP contribution in [0.15, 0.2) is 0 Å². The standard InChI is InChI=1S/C10H19O5P/c1-3-4-5-9(12)16(14)10(13)7-6-8(11)15-2/h9,12,16H,3-7H2,1-2H3. The summed E-state index contributed by atoms with van der Waals surface area (Å²) in [6, 6.07) is 0. The van der Waals surface area contributed by atoms with Gasteiger partial charge in [-0.05, 0) is 6.42 Å². The summed E-state index contributed by atoms with van der Waals surface area (Å²) >= 11 is 0. The lowest BCUT2D eigenvalue weighted by molar-refractivity contribution is -0.141. The number of ether oxygens (including phenoxy) is 1. The fourth-order valence-corrected chi connectivity index (χ4v) is 2.36. The summed E-state index contributed by atoms with van der Waals surface area (Å²) in [6.45, 7) is 1.95. The lowest BCUT2D eigenvalue weighted by Gasteiger charge is -2.08. The van der Waals surface area contributed by atoms with Gasteiger partial charge in [0.15, 0.2) is 13.3 Å². The fourth-order valence-electron chi connectivity index (χ4n) is 1.16. The molecular weight excluding hydrogens is 231 g/mol. The Hall–Kier alpha value is -0.670. The highest BCUT2D eigenvalue weighted by atomic mass is 31.1. The van der Waals surface area contributed by atoms with Gasteiger partial charge in [-0.3, -0.25) is 9.59 Å². The second-order valence-corrected chi connectivity index (χ2v) is 5.47. The molecule has 2 atom stereocenters. The third-order valence-electron chi connectivity index (χ3n) is 2.19. The van der Waals surface area contributed by atoms with Gasteiger partial charge < -0.3 is 14.4 Å². The molecule has 0 radical (unpaired) electrons. The molecule has 0 aromatic rings. The molecule has 94 valence electrons. The molecule has 1 N–H and O–H groups in total. The summed E-state index contributed by atoms with van der Waals surface area (Å²) in [7, 11) is -1.43. The molecule has 0 aliphatic heterocycles. The molecule has 0 aliphatic rings. The van der Waals surface area contributed by atoms with Crippen molar-refractivity contribution in [2.75, 3.05) is 7.11 Å². The van der Waals surface area contributed by atoms with Crippen molar-refractivity contribution < 1.29 is 24.0 Å². The van der Waals surface area contributed by atoms with Crippen molar-refractivity contribution in [2.45, 2.75) is 44.9 Å². The second-order valence-electron chi connectivity index (χ2n) is 3.52. The van der Waals surface area contributed by atoms with Gasteiger partial charge in [-0.2, -0.15) is 0 Å². The molecule has 0 fully saturated rings. The molecule has 2 unspecified atom stereocenters. The number of rotatable bonds is 8. The average Bonchev–Trinajstić information content (AvgIpc) is 2.31. The molecule has 0 bridgehead atoms. The van der Waals surface area contributed by atoms with Crippen LogP contribution in [0, 0.1) is 0 Å². The minimum Gasteiger partial charge on any atom is -0.469 e. The molecule has 16 heavy (non-hydrogen) atoms. The van der Waals surface area contributed by atoms with Crippen molar-refractivity contribution in [2.24, 2.45) is 0 Å². The molecule has 0 spiro atoms. The lowest BCUT2D eigenvalue weighted by atomic mass is 10.3. The predicted octanol–water partition coefficient (Wildman–Crippen LogP) is 1.53. The van der Waals surface area contributed by atoms with E-state index < -0.39 is 25.1 Å². The average molecular weight is 250 g/mol. The van der Waals surface area contributed by atoms with Crippen molar-refractivity contribution >= 4 is 19.3 Å². The Balaban J connectivity index is 3.98. The zero-order chi connectivity index (χ0) is 12.6. The predicted molar refractivity (Wildman–Crippen MR) is 60.8 cm³/mol. The topological polar surface area (TPSA) is 80.7 Å². The van der Waals surface area contributed by atoms with Gasteiger partial charge in [-0.25, -0.2) is 0 Å². The van der Waals surface area contributed by atoms with Crippen molar-refractivity contribution in [3.63, 3.8) is 0 Å². The first kappa shape index (κ1) is 15.3. The van der Waals surface area contributed by atoms with Gasteiger partial charge in [0.2, 0.25) is 0 Å². The Morgan fingerprint density at radius 2 is 2.00 bits per heavy atom. The highest BCUT2D eigenvalue weighted by Crippen LogP contribution is 2.32. The van der Waals surface area contributed by atoms with Gasteiger partial charge in [-0.1, -0.05) is 19.8 Å². The summed E-state index contributed by atoms with van der Waals surface area (Å²) in [6.07, 6.45) is 1.79. The lowest BCUT2D eigenvalue weighted by Crippen LogP contribution is -2.08. The molecule has 0 saturated carbocycles. The Labute approximate surface area is 96.0 Å². The van der Waals surface area contributed by atoms with Gasteiger partial charge >= 0.3 is 5.97 Å². The maximum atomic E-state index is 11.5. The van der Waals surface area contributed by atoms with Crippen LogP contribution >= 0.6 is 7.80 Å². The van der Waals surface area contributed by atoms with Crippen LogP contribution in [-0.4, -0.2) is 29.6 Å². The SMILES string of the molecule is CCCCC(O)[PH](=O)C(=O)CCC(=O)OC. The van der Waals surface area contributed by atoms with Crippen molar-refractivity contribution in [3.05, 3.63) is 0 Å². The molecule has 0 saturated heterocycles. The van der Waals surface area contributed by atoms with Crippen LogP contribution in [0.25, 0.3) is 0 Å². The second kappa shape index (κ2) is 8.48. The van der Waals surface area contributed by atoms with Crippen LogP contribution in [0.5, 0.6) is 0 Å². The maximum Gasteiger partial charge on any atom is 0.305 e. The first-order valence-electron chi connectivity index (χ1n) is 5.34. The number of hydrogen-bond acceptors (Lipinski definition) is 5. The number of carbonyl (C=O) groups is 2. The van der Waals surface area contributed by atoms with E-state index in [0.717, 1.165) is 12.8 Å². The van der Waals surface area contributed by atoms with E-state index in [1.165, 1.54) is 7.11 Å². The van der Waals surface area contributed by atoms with E-state index in [4.69, 9.17) is 0 Å². The molecule has 0 aliphatic carbocycles. The Morgan fingerprint density at radius 3 is 2.50 bits per heavy atom. The minimum absolute atomic E-state index is 0.0771. The van der Waals surface area contributed by atoms with Crippen molar-refractivity contribution in [1.29, 1.82) is 0 Å². The van der Waals surface area contributed by atoms with E-state index in [-0.39, 0.29) is 12.8 Å². The van der Waals surface area contributed by atoms with Crippen LogP contribution in [-0.2, 0) is 18.9 Å². The number of aliphatic hydroxyl groups is 1. The fraction of sp³-hybridized carbons (Fsp3) is 0.800. The third-order valence-corrected chi connectivity index (χ3v) is 3.89. The minimum atomic E-state index is -2.66. The highest BCUT2D eigenvalue weighted by Gasteiger charge is 2.20. The summed E-state index contributed by atoms with van der Waals surface area (Å²) in [5, 5.41) is 9.44. The van der Waals surface area contributed by atoms with Crippen molar-refractivity contribution in [3.8, 4) is 0 Å². The Morgan fingerprint density at radius 1 is 1.38 bits per heavy atom. The normalized spacial score (nSPS) is 14.2. The smallest absolute Gasteiger partial charge is 0.305 e. The van der Waals surface area contributed by atoms with Gasteiger partial charge in [0.25, 0.3) is 0 Å². The Bertz CT molecular complexity index is 264. The zero-order valence-electron chi connectivity index (χ0n) is 9.69. The largest absolute Gasteiger partial charge is 0.469 e. The van der Waals surface area contributed by atoms with Crippen LogP contribution in [0.1, 0.15) is 39.0 Å². The molecule has 6 heteroatoms. The van der Waals surface area contributed by atoms with E-state index >= 15 is 0 Å². The third kappa shape index (κ3) is 6.03. The molecular formula is C10H19O5P. The molecule has 5 nitrogen and oxygen atoms in total. The van der Waals surface area contributed by atoms with Gasteiger partial charge in [0, 0.05) is 6.42 Å². The summed E-state index contributed by atoms with van der Waals surface area (Å²) in [5.74, 6) is -1.55. The number of hydrogen-bond donors (Lipinski definition) is 1. The maximum absolute atomic E-state index is 11.5. The van der Waals surface area contributed by atoms with E-state index in [1.54, 1.807) is 0 Å². The van der Waals surface area contributed by atoms with E-state index in [9.17, 15) is 19.3 Å². The summed E-state index contributed by atoms with van der Waals surface area (Å²) < 4.78 is 15.8. The Kier molecular flexibility index (Phi) is 8.12. The molecule has 0 aromatic carbocycles. The van der Waals surface area contributed by atoms with E-state index in [1.807, 2.05) is 6.92 Å². The first-order chi connectivity index (χ1) is 7.52. The molecule has 0 aromatic heterocycles. The summed E-state index contributed by atoms with van der Waals surface area (Å²) in [5.41, 5.74) is -0.529.